The van der Waals surface area contributed by atoms with E-state index in [0.29, 0.717) is 120 Å². The van der Waals surface area contributed by atoms with Crippen molar-refractivity contribution >= 4 is 92.9 Å². The van der Waals surface area contributed by atoms with Gasteiger partial charge in [-0.05, 0) is 224 Å². The SMILES string of the molecule is CC1(C)C[C@@H]2CCCNc3cccc(n3)S(=O)(=O)/N=C(\[O-])c3ccc(-n4ccc(OCCC5C6(CC6)C56CC6)n4)nc3N1C2.CC1(C)C[C@@H]2CCCNc3cccc(n3)S(=O)(=O)/N=C(\[O-])c3ccc(-n4ccc(OCCC5C6(CC6)C56CC6)n4)nc3N1C2.[Ca+2]. The van der Waals surface area contributed by atoms with Gasteiger partial charge in [-0.3, -0.25) is 0 Å². The van der Waals surface area contributed by atoms with Crippen molar-refractivity contribution in [1.82, 2.24) is 39.5 Å². The first kappa shape index (κ1) is 60.5. The first-order valence-corrected chi connectivity index (χ1v) is 34.5. The van der Waals surface area contributed by atoms with Crippen LogP contribution in [0.15, 0.2) is 104 Å². The summed E-state index contributed by atoms with van der Waals surface area (Å²) in [6, 6.07) is 19.5. The molecular weight excluding hydrogens is 1200 g/mol. The molecule has 0 radical (unpaired) electrons. The van der Waals surface area contributed by atoms with Crippen molar-refractivity contribution in [3.8, 4) is 23.4 Å². The quantitative estimate of drug-likeness (QED) is 0.126. The summed E-state index contributed by atoms with van der Waals surface area (Å²) in [6.45, 7) is 12.6. The second-order valence-corrected chi connectivity index (χ2v) is 31.0. The van der Waals surface area contributed by atoms with Crippen molar-refractivity contribution in [3.05, 3.63) is 96.3 Å². The number of hydrogen-bond acceptors (Lipinski definition) is 18. The molecule has 10 aliphatic rings. The van der Waals surface area contributed by atoms with Gasteiger partial charge in [0, 0.05) is 84.7 Å². The maximum absolute atomic E-state index is 13.6. The van der Waals surface area contributed by atoms with E-state index >= 15 is 0 Å². The van der Waals surface area contributed by atoms with Crippen LogP contribution < -0.4 is 40.1 Å². The zero-order chi connectivity index (χ0) is 60.6. The van der Waals surface area contributed by atoms with E-state index < -0.39 is 31.8 Å². The van der Waals surface area contributed by atoms with Crippen molar-refractivity contribution in [2.45, 2.75) is 152 Å². The average molecular weight is 1270 g/mol. The molecule has 10 heterocycles. The van der Waals surface area contributed by atoms with Gasteiger partial charge < -0.3 is 40.1 Å². The molecule has 89 heavy (non-hydrogen) atoms. The molecule has 16 rings (SSSR count). The topological polar surface area (TPSA) is 275 Å². The minimum Gasteiger partial charge on any atom is -0.858 e. The third-order valence-corrected chi connectivity index (χ3v) is 24.1. The van der Waals surface area contributed by atoms with E-state index in [0.717, 1.165) is 63.2 Å². The van der Waals surface area contributed by atoms with Gasteiger partial charge in [0.1, 0.15) is 23.3 Å². The van der Waals surface area contributed by atoms with Gasteiger partial charge in [0.2, 0.25) is 11.8 Å². The van der Waals surface area contributed by atoms with Crippen LogP contribution in [0.3, 0.4) is 0 Å². The molecule has 6 saturated carbocycles. The number of hydrogen-bond donors (Lipinski definition) is 2. The minimum atomic E-state index is -4.35. The van der Waals surface area contributed by atoms with E-state index in [1.54, 1.807) is 70.3 Å². The summed E-state index contributed by atoms with van der Waals surface area (Å²) in [5, 5.41) is 42.3. The Balaban J connectivity index is 0.000000154. The van der Waals surface area contributed by atoms with Crippen molar-refractivity contribution < 1.29 is 36.5 Å². The number of pyridine rings is 4. The summed E-state index contributed by atoms with van der Waals surface area (Å²) >= 11 is 0. The molecule has 0 aromatic carbocycles. The Hall–Kier alpha value is -6.08. The Morgan fingerprint density at radius 1 is 0.539 bits per heavy atom. The van der Waals surface area contributed by atoms with Crippen LogP contribution in [0.4, 0.5) is 23.3 Å². The normalized spacial score (nSPS) is 26.2. The molecule has 6 aliphatic carbocycles. The first-order chi connectivity index (χ1) is 42.2. The van der Waals surface area contributed by atoms with Crippen molar-refractivity contribution in [3.63, 3.8) is 0 Å². The van der Waals surface area contributed by atoms with Gasteiger partial charge in [-0.15, -0.1) is 10.2 Å². The number of aromatic nitrogens is 8. The van der Waals surface area contributed by atoms with Crippen LogP contribution in [0.25, 0.3) is 11.6 Å². The molecule has 2 atom stereocenters. The van der Waals surface area contributed by atoms with Crippen LogP contribution in [0.2, 0.25) is 0 Å². The maximum atomic E-state index is 13.6. The number of nitrogens with one attached hydrogen (secondary N) is 2. The van der Waals surface area contributed by atoms with E-state index in [9.17, 15) is 27.0 Å². The average Bonchev–Trinajstić information content (AvgIpc) is 1.46. The van der Waals surface area contributed by atoms with Gasteiger partial charge in [0.15, 0.2) is 21.7 Å². The van der Waals surface area contributed by atoms with E-state index in [2.05, 4.69) is 77.1 Å². The monoisotopic (exact) mass is 1270 g/mol. The number of rotatable bonds is 10. The Kier molecular flexibility index (Phi) is 15.0. The Morgan fingerprint density at radius 2 is 0.933 bits per heavy atom. The standard InChI is InChI=1S/2C32H39N7O4S.Ca/c2*1-30(2)19-21-5-4-16-33-24-6-3-7-27(34-24)44(41,42)37-29(40)22-8-9-25(35-28(22)38(30)20-21)39-17-10-26(36-39)43-18-11-23-31(12-13-31)32(23)14-15-32;/h2*3,6-10,17,21,23H,4-5,11-16,18-20H2,1-2H3,(H,33,34)(H,37,40);/q;;+2/p-2/t2*21-;/m00./s1. The molecule has 0 unspecified atom stereocenters. The van der Waals surface area contributed by atoms with E-state index in [-0.39, 0.29) is 70.0 Å². The number of ether oxygens (including phenoxy) is 2. The van der Waals surface area contributed by atoms with E-state index in [1.807, 2.05) is 12.1 Å². The summed E-state index contributed by atoms with van der Waals surface area (Å²) in [4.78, 5) is 22.5. The molecule has 2 N–H and O–H groups in total. The molecule has 4 spiro atoms. The summed E-state index contributed by atoms with van der Waals surface area (Å²) in [7, 11) is -8.69. The van der Waals surface area contributed by atoms with Crippen LogP contribution in [0.5, 0.6) is 11.8 Å². The molecule has 464 valence electrons. The summed E-state index contributed by atoms with van der Waals surface area (Å²) in [6.07, 6.45) is 22.5. The Bertz CT molecular complexity index is 3750. The van der Waals surface area contributed by atoms with Crippen molar-refractivity contribution in [1.29, 1.82) is 0 Å². The van der Waals surface area contributed by atoms with Crippen molar-refractivity contribution in [2.75, 3.05) is 59.8 Å². The zero-order valence-corrected chi connectivity index (χ0v) is 54.9. The molecule has 25 heteroatoms. The van der Waals surface area contributed by atoms with Crippen LogP contribution in [0, 0.1) is 45.3 Å². The van der Waals surface area contributed by atoms with Crippen LogP contribution >= 0.6 is 0 Å². The smallest absolute Gasteiger partial charge is 0.858 e. The predicted octanol–water partition coefficient (Wildman–Crippen LogP) is 7.47. The van der Waals surface area contributed by atoms with E-state index in [1.165, 1.54) is 63.5 Å². The minimum absolute atomic E-state index is 0. The first-order valence-electron chi connectivity index (χ1n) is 31.6. The van der Waals surface area contributed by atoms with Gasteiger partial charge >= 0.3 is 37.7 Å². The molecule has 8 fully saturated rings. The molecule has 8 bridgehead atoms. The van der Waals surface area contributed by atoms with Crippen LogP contribution in [-0.4, -0.2) is 156 Å². The molecule has 4 aliphatic heterocycles. The fraction of sp³-hybridized carbons (Fsp3) is 0.562. The Morgan fingerprint density at radius 3 is 1.31 bits per heavy atom. The van der Waals surface area contributed by atoms with Gasteiger partial charge in [-0.25, -0.2) is 29.3 Å². The molecule has 0 amide bonds. The molecule has 6 aromatic rings. The van der Waals surface area contributed by atoms with Gasteiger partial charge in [-0.2, -0.15) is 25.6 Å². The second kappa shape index (κ2) is 22.1. The maximum Gasteiger partial charge on any atom is 2.00 e. The third-order valence-electron chi connectivity index (χ3n) is 21.7. The number of sulfonamides is 2. The number of fused-ring (bicyclic) bond motifs is 14. The largest absolute Gasteiger partial charge is 2.00 e. The fourth-order valence-electron chi connectivity index (χ4n) is 17.0. The second-order valence-electron chi connectivity index (χ2n) is 27.9. The summed E-state index contributed by atoms with van der Waals surface area (Å²) in [5.74, 6) is 4.47. The number of nitrogens with zero attached hydrogens (tertiary/aromatic N) is 12. The predicted molar refractivity (Wildman–Crippen MR) is 333 cm³/mol. The Labute approximate surface area is 549 Å². The summed E-state index contributed by atoms with van der Waals surface area (Å²) < 4.78 is 75.5. The van der Waals surface area contributed by atoms with Crippen LogP contribution in [-0.2, 0) is 20.0 Å². The van der Waals surface area contributed by atoms with Crippen molar-refractivity contribution in [2.24, 2.45) is 54.1 Å². The molecular formula is C64H76CaN14O8S2. The van der Waals surface area contributed by atoms with Gasteiger partial charge in [0.25, 0.3) is 20.0 Å². The molecule has 6 aromatic heterocycles. The third kappa shape index (κ3) is 11.0. The fourth-order valence-corrected chi connectivity index (χ4v) is 18.8. The van der Waals surface area contributed by atoms with E-state index in [4.69, 9.17) is 19.4 Å². The number of anilines is 4. The van der Waals surface area contributed by atoms with Gasteiger partial charge in [0.05, 0.1) is 13.2 Å². The van der Waals surface area contributed by atoms with Crippen LogP contribution in [0.1, 0.15) is 142 Å². The van der Waals surface area contributed by atoms with Gasteiger partial charge in [-0.1, -0.05) is 12.1 Å². The molecule has 22 nitrogen and oxygen atoms in total. The molecule has 2 saturated heterocycles. The summed E-state index contributed by atoms with van der Waals surface area (Å²) in [5.41, 5.74) is 2.30. The zero-order valence-electron chi connectivity index (χ0n) is 51.1.